The summed E-state index contributed by atoms with van der Waals surface area (Å²) in [5.74, 6) is 1.20. The number of nitrogens with zero attached hydrogens (tertiary/aromatic N) is 1. The van der Waals surface area contributed by atoms with Gasteiger partial charge in [0.2, 0.25) is 10.0 Å². The monoisotopic (exact) mass is 286 g/mol. The summed E-state index contributed by atoms with van der Waals surface area (Å²) in [5.41, 5.74) is 0. The summed E-state index contributed by atoms with van der Waals surface area (Å²) in [4.78, 5) is 3.91. The van der Waals surface area contributed by atoms with Crippen LogP contribution in [0.25, 0.3) is 0 Å². The Kier molecular flexibility index (Phi) is 3.08. The van der Waals surface area contributed by atoms with E-state index in [9.17, 15) is 8.42 Å². The first-order chi connectivity index (χ1) is 8.56. The third kappa shape index (κ3) is 2.15. The van der Waals surface area contributed by atoms with Gasteiger partial charge in [0.05, 0.1) is 5.02 Å². The summed E-state index contributed by atoms with van der Waals surface area (Å²) in [5, 5.41) is 0.223. The zero-order valence-corrected chi connectivity index (χ0v) is 11.4. The number of hydrogen-bond donors (Lipinski definition) is 1. The molecule has 0 saturated heterocycles. The Morgan fingerprint density at radius 1 is 1.33 bits per heavy atom. The Morgan fingerprint density at radius 3 is 2.78 bits per heavy atom. The molecule has 4 nitrogen and oxygen atoms in total. The highest BCUT2D eigenvalue weighted by molar-refractivity contribution is 7.89. The molecule has 1 heterocycles. The van der Waals surface area contributed by atoms with E-state index in [4.69, 9.17) is 11.6 Å². The average molecular weight is 287 g/mol. The molecule has 98 valence electrons. The van der Waals surface area contributed by atoms with Gasteiger partial charge in [-0.05, 0) is 37.2 Å². The van der Waals surface area contributed by atoms with Crippen molar-refractivity contribution >= 4 is 21.6 Å². The van der Waals surface area contributed by atoms with Crippen LogP contribution in [0.2, 0.25) is 5.02 Å². The second-order valence-corrected chi connectivity index (χ2v) is 7.30. The zero-order valence-electron chi connectivity index (χ0n) is 9.84. The molecule has 2 aliphatic carbocycles. The van der Waals surface area contributed by atoms with E-state index < -0.39 is 10.0 Å². The molecule has 0 aromatic carbocycles. The number of hydrogen-bond acceptors (Lipinski definition) is 3. The molecule has 2 saturated carbocycles. The third-order valence-corrected chi connectivity index (χ3v) is 6.03. The SMILES string of the molecule is O=S(=O)(NC1CC2CCC1C2)c1cnccc1Cl. The molecule has 1 N–H and O–H groups in total. The Balaban J connectivity index is 1.82. The van der Waals surface area contributed by atoms with Gasteiger partial charge in [-0.3, -0.25) is 4.98 Å². The molecular weight excluding hydrogens is 272 g/mol. The van der Waals surface area contributed by atoms with E-state index >= 15 is 0 Å². The van der Waals surface area contributed by atoms with E-state index in [-0.39, 0.29) is 16.0 Å². The summed E-state index contributed by atoms with van der Waals surface area (Å²) < 4.78 is 27.3. The van der Waals surface area contributed by atoms with Gasteiger partial charge in [-0.2, -0.15) is 0 Å². The molecule has 1 aromatic heterocycles. The van der Waals surface area contributed by atoms with Crippen LogP contribution < -0.4 is 4.72 Å². The van der Waals surface area contributed by atoms with Crippen LogP contribution in [0.5, 0.6) is 0 Å². The van der Waals surface area contributed by atoms with Crippen LogP contribution in [0.3, 0.4) is 0 Å². The Bertz CT molecular complexity index is 561. The van der Waals surface area contributed by atoms with E-state index in [2.05, 4.69) is 9.71 Å². The van der Waals surface area contributed by atoms with Crippen molar-refractivity contribution in [3.05, 3.63) is 23.5 Å². The lowest BCUT2D eigenvalue weighted by Crippen LogP contribution is -2.38. The summed E-state index contributed by atoms with van der Waals surface area (Å²) in [6, 6.07) is 1.57. The van der Waals surface area contributed by atoms with Crippen molar-refractivity contribution in [1.29, 1.82) is 0 Å². The van der Waals surface area contributed by atoms with Gasteiger partial charge < -0.3 is 0 Å². The standard InChI is InChI=1S/C12H15ClN2O2S/c13-10-3-4-14-7-12(10)18(16,17)15-11-6-8-1-2-9(11)5-8/h3-4,7-9,11,15H,1-2,5-6H2. The lowest BCUT2D eigenvalue weighted by atomic mass is 9.96. The van der Waals surface area contributed by atoms with Crippen LogP contribution in [-0.2, 0) is 10.0 Å². The molecule has 2 fully saturated rings. The van der Waals surface area contributed by atoms with Gasteiger partial charge >= 0.3 is 0 Å². The van der Waals surface area contributed by atoms with Crippen LogP contribution in [0.1, 0.15) is 25.7 Å². The Labute approximate surface area is 112 Å². The Hall–Kier alpha value is -0.650. The van der Waals surface area contributed by atoms with Crippen LogP contribution in [-0.4, -0.2) is 19.4 Å². The summed E-state index contributed by atoms with van der Waals surface area (Å²) in [6.45, 7) is 0. The van der Waals surface area contributed by atoms with Gasteiger partial charge in [0.25, 0.3) is 0 Å². The zero-order chi connectivity index (χ0) is 12.8. The molecule has 0 spiro atoms. The van der Waals surface area contributed by atoms with Gasteiger partial charge in [-0.25, -0.2) is 13.1 Å². The highest BCUT2D eigenvalue weighted by Crippen LogP contribution is 2.44. The highest BCUT2D eigenvalue weighted by atomic mass is 35.5. The van der Waals surface area contributed by atoms with E-state index in [0.29, 0.717) is 11.8 Å². The van der Waals surface area contributed by atoms with E-state index in [1.807, 2.05) is 0 Å². The number of nitrogens with one attached hydrogen (secondary N) is 1. The second kappa shape index (κ2) is 4.47. The van der Waals surface area contributed by atoms with Crippen LogP contribution in [0.4, 0.5) is 0 Å². The minimum absolute atomic E-state index is 0.0741. The van der Waals surface area contributed by atoms with E-state index in [0.717, 1.165) is 19.3 Å². The van der Waals surface area contributed by atoms with Gasteiger partial charge in [-0.1, -0.05) is 18.0 Å². The number of fused-ring (bicyclic) bond motifs is 2. The largest absolute Gasteiger partial charge is 0.263 e. The molecule has 0 amide bonds. The molecule has 0 radical (unpaired) electrons. The van der Waals surface area contributed by atoms with E-state index in [1.165, 1.54) is 24.9 Å². The van der Waals surface area contributed by atoms with Crippen molar-refractivity contribution in [2.24, 2.45) is 11.8 Å². The second-order valence-electron chi connectivity index (χ2n) is 5.21. The fourth-order valence-electron chi connectivity index (χ4n) is 3.21. The number of halogens is 1. The maximum Gasteiger partial charge on any atom is 0.243 e. The fraction of sp³-hybridized carbons (Fsp3) is 0.583. The minimum atomic E-state index is -3.54. The smallest absolute Gasteiger partial charge is 0.243 e. The molecule has 6 heteroatoms. The first-order valence-electron chi connectivity index (χ1n) is 6.18. The fourth-order valence-corrected chi connectivity index (χ4v) is 4.96. The van der Waals surface area contributed by atoms with Gasteiger partial charge in [-0.15, -0.1) is 0 Å². The average Bonchev–Trinajstić information content (AvgIpc) is 2.90. The van der Waals surface area contributed by atoms with Gasteiger partial charge in [0.1, 0.15) is 4.90 Å². The number of rotatable bonds is 3. The van der Waals surface area contributed by atoms with Gasteiger partial charge in [0, 0.05) is 18.4 Å². The van der Waals surface area contributed by atoms with Crippen molar-refractivity contribution < 1.29 is 8.42 Å². The molecule has 3 atom stereocenters. The summed E-state index contributed by atoms with van der Waals surface area (Å²) >= 11 is 5.91. The topological polar surface area (TPSA) is 59.1 Å². The first-order valence-corrected chi connectivity index (χ1v) is 8.04. The number of aromatic nitrogens is 1. The predicted molar refractivity (Wildman–Crippen MR) is 68.8 cm³/mol. The lowest BCUT2D eigenvalue weighted by Gasteiger charge is -2.22. The Morgan fingerprint density at radius 2 is 2.17 bits per heavy atom. The van der Waals surface area contributed by atoms with Crippen molar-refractivity contribution in [1.82, 2.24) is 9.71 Å². The normalized spacial score (nSPS) is 30.8. The maximum absolute atomic E-state index is 12.2. The third-order valence-electron chi connectivity index (χ3n) is 4.07. The van der Waals surface area contributed by atoms with Crippen LogP contribution in [0.15, 0.2) is 23.4 Å². The van der Waals surface area contributed by atoms with Crippen molar-refractivity contribution in [3.63, 3.8) is 0 Å². The molecule has 2 aliphatic rings. The molecule has 18 heavy (non-hydrogen) atoms. The molecule has 1 aromatic rings. The highest BCUT2D eigenvalue weighted by Gasteiger charge is 2.41. The number of sulfonamides is 1. The predicted octanol–water partition coefficient (Wildman–Crippen LogP) is 2.20. The van der Waals surface area contributed by atoms with Crippen molar-refractivity contribution in [2.45, 2.75) is 36.6 Å². The quantitative estimate of drug-likeness (QED) is 0.927. The minimum Gasteiger partial charge on any atom is -0.263 e. The summed E-state index contributed by atoms with van der Waals surface area (Å²) in [7, 11) is -3.54. The molecule has 0 aliphatic heterocycles. The van der Waals surface area contributed by atoms with E-state index in [1.54, 1.807) is 0 Å². The van der Waals surface area contributed by atoms with Crippen molar-refractivity contribution in [2.75, 3.05) is 0 Å². The van der Waals surface area contributed by atoms with Gasteiger partial charge in [0.15, 0.2) is 0 Å². The maximum atomic E-state index is 12.2. The van der Waals surface area contributed by atoms with Crippen LogP contribution >= 0.6 is 11.6 Å². The van der Waals surface area contributed by atoms with Crippen molar-refractivity contribution in [3.8, 4) is 0 Å². The van der Waals surface area contributed by atoms with Crippen LogP contribution in [0, 0.1) is 11.8 Å². The summed E-state index contributed by atoms with van der Waals surface area (Å²) in [6.07, 6.45) is 7.29. The molecule has 2 bridgehead atoms. The molecular formula is C12H15ClN2O2S. The number of pyridine rings is 1. The lowest BCUT2D eigenvalue weighted by molar-refractivity contribution is 0.390. The first kappa shape index (κ1) is 12.4. The molecule has 3 unspecified atom stereocenters. The molecule has 3 rings (SSSR count).